The van der Waals surface area contributed by atoms with Gasteiger partial charge in [-0.15, -0.1) is 0 Å². The zero-order valence-electron chi connectivity index (χ0n) is 21.1. The molecular weight excluding hydrogens is 547 g/mol. The normalized spacial score (nSPS) is 12.9. The monoisotopic (exact) mass is 573 g/mol. The summed E-state index contributed by atoms with van der Waals surface area (Å²) in [6, 6.07) is 19.7. The van der Waals surface area contributed by atoms with E-state index in [4.69, 9.17) is 4.74 Å². The lowest BCUT2D eigenvalue weighted by Gasteiger charge is -2.17. The lowest BCUT2D eigenvalue weighted by molar-refractivity contribution is 0.0997. The van der Waals surface area contributed by atoms with Crippen molar-refractivity contribution in [3.05, 3.63) is 88.7 Å². The number of aromatic nitrogens is 1. The quantitative estimate of drug-likeness (QED) is 0.303. The molecule has 0 bridgehead atoms. The van der Waals surface area contributed by atoms with Gasteiger partial charge in [0.2, 0.25) is 10.0 Å². The van der Waals surface area contributed by atoms with Crippen molar-refractivity contribution >= 4 is 47.3 Å². The summed E-state index contributed by atoms with van der Waals surface area (Å²) >= 11 is 1.19. The average Bonchev–Trinajstić information content (AvgIpc) is 3.23. The lowest BCUT2D eigenvalue weighted by atomic mass is 10.2. The van der Waals surface area contributed by atoms with Gasteiger partial charge in [-0.1, -0.05) is 41.7 Å². The van der Waals surface area contributed by atoms with Gasteiger partial charge in [-0.2, -0.15) is 9.30 Å². The number of sulfone groups is 1. The van der Waals surface area contributed by atoms with E-state index in [-0.39, 0.29) is 21.9 Å². The highest BCUT2D eigenvalue weighted by molar-refractivity contribution is 7.90. The van der Waals surface area contributed by atoms with Gasteiger partial charge in [-0.05, 0) is 48.0 Å². The number of rotatable bonds is 9. The molecule has 0 spiro atoms. The minimum absolute atomic E-state index is 0.0674. The van der Waals surface area contributed by atoms with Crippen molar-refractivity contribution in [3.8, 4) is 0 Å². The zero-order chi connectivity index (χ0) is 27.5. The summed E-state index contributed by atoms with van der Waals surface area (Å²) in [5, 5.41) is 0. The number of ether oxygens (including phenoxy) is 1. The number of methoxy groups -OCH3 is 1. The van der Waals surface area contributed by atoms with Crippen molar-refractivity contribution in [2.24, 2.45) is 4.99 Å². The van der Waals surface area contributed by atoms with E-state index in [1.807, 2.05) is 30.3 Å². The predicted molar refractivity (Wildman–Crippen MR) is 146 cm³/mol. The van der Waals surface area contributed by atoms with Crippen LogP contribution in [-0.2, 0) is 37.7 Å². The number of sulfonamides is 1. The molecule has 3 aromatic carbocycles. The number of carbonyl (C=O) groups is 1. The number of hydrogen-bond donors (Lipinski definition) is 0. The van der Waals surface area contributed by atoms with Gasteiger partial charge in [-0.3, -0.25) is 4.79 Å². The summed E-state index contributed by atoms with van der Waals surface area (Å²) in [5.74, 6) is -0.548. The first-order valence-electron chi connectivity index (χ1n) is 11.5. The van der Waals surface area contributed by atoms with E-state index in [0.717, 1.165) is 17.3 Å². The van der Waals surface area contributed by atoms with Crippen molar-refractivity contribution in [1.29, 1.82) is 0 Å². The SMILES string of the molecule is COCCn1c(=NC(=O)c2ccc(S(=O)(=O)N(C)Cc3ccccc3)cc2)sc2cc(S(C)(=O)=O)ccc21. The third kappa shape index (κ3) is 6.11. The second-order valence-electron chi connectivity index (χ2n) is 8.62. The maximum absolute atomic E-state index is 13.0. The fourth-order valence-corrected chi connectivity index (χ4v) is 6.77. The van der Waals surface area contributed by atoms with Crippen LogP contribution < -0.4 is 4.80 Å². The van der Waals surface area contributed by atoms with Crippen LogP contribution >= 0.6 is 11.3 Å². The summed E-state index contributed by atoms with van der Waals surface area (Å²) in [6.07, 6.45) is 1.14. The van der Waals surface area contributed by atoms with Crippen LogP contribution in [0, 0.1) is 0 Å². The molecule has 38 heavy (non-hydrogen) atoms. The Morgan fingerprint density at radius 3 is 2.26 bits per heavy atom. The molecule has 4 aromatic rings. The Labute approximate surface area is 225 Å². The molecule has 200 valence electrons. The Bertz CT molecular complexity index is 1740. The van der Waals surface area contributed by atoms with Crippen molar-refractivity contribution in [1.82, 2.24) is 8.87 Å². The molecule has 4 rings (SSSR count). The van der Waals surface area contributed by atoms with Gasteiger partial charge in [0.15, 0.2) is 14.6 Å². The van der Waals surface area contributed by atoms with Crippen molar-refractivity contribution in [2.45, 2.75) is 22.9 Å². The molecule has 0 aliphatic rings. The van der Waals surface area contributed by atoms with Crippen molar-refractivity contribution in [2.75, 3.05) is 27.0 Å². The Kier molecular flexibility index (Phi) is 8.28. The highest BCUT2D eigenvalue weighted by Gasteiger charge is 2.21. The van der Waals surface area contributed by atoms with E-state index in [1.165, 1.54) is 53.0 Å². The van der Waals surface area contributed by atoms with Gasteiger partial charge in [-0.25, -0.2) is 16.8 Å². The van der Waals surface area contributed by atoms with Crippen LogP contribution in [0.3, 0.4) is 0 Å². The van der Waals surface area contributed by atoms with Crippen LogP contribution in [0.5, 0.6) is 0 Å². The molecule has 0 aliphatic carbocycles. The predicted octanol–water partition coefficient (Wildman–Crippen LogP) is 3.31. The molecule has 9 nitrogen and oxygen atoms in total. The van der Waals surface area contributed by atoms with E-state index in [2.05, 4.69) is 4.99 Å². The topological polar surface area (TPSA) is 115 Å². The highest BCUT2D eigenvalue weighted by Crippen LogP contribution is 2.22. The van der Waals surface area contributed by atoms with Gasteiger partial charge in [0.25, 0.3) is 5.91 Å². The molecule has 0 fully saturated rings. The van der Waals surface area contributed by atoms with Gasteiger partial charge in [0, 0.05) is 39.1 Å². The van der Waals surface area contributed by atoms with Gasteiger partial charge in [0.1, 0.15) is 0 Å². The second-order valence-corrected chi connectivity index (χ2v) is 13.7. The number of benzene rings is 3. The molecule has 0 saturated carbocycles. The number of hydrogen-bond acceptors (Lipinski definition) is 7. The summed E-state index contributed by atoms with van der Waals surface area (Å²) in [5.41, 5.74) is 1.81. The van der Waals surface area contributed by atoms with Crippen LogP contribution in [-0.4, -0.2) is 58.6 Å². The van der Waals surface area contributed by atoms with Crippen LogP contribution in [0.1, 0.15) is 15.9 Å². The molecular formula is C26H27N3O6S3. The number of fused-ring (bicyclic) bond motifs is 1. The summed E-state index contributed by atoms with van der Waals surface area (Å²) < 4.78 is 58.9. The van der Waals surface area contributed by atoms with E-state index >= 15 is 0 Å². The van der Waals surface area contributed by atoms with E-state index in [9.17, 15) is 21.6 Å². The van der Waals surface area contributed by atoms with Crippen molar-refractivity contribution in [3.63, 3.8) is 0 Å². The van der Waals surface area contributed by atoms with E-state index in [0.29, 0.717) is 22.7 Å². The van der Waals surface area contributed by atoms with Crippen molar-refractivity contribution < 1.29 is 26.4 Å². The standard InChI is InChI=1S/C26H27N3O6S3/c1-28(18-19-7-5-4-6-8-19)38(33,34)21-11-9-20(10-12-21)25(30)27-26-29(15-16-35-2)23-14-13-22(37(3,31)32)17-24(23)36-26/h4-14,17H,15-16,18H2,1-3H3. The Balaban J connectivity index is 1.64. The van der Waals surface area contributed by atoms with Crippen LogP contribution in [0.2, 0.25) is 0 Å². The lowest BCUT2D eigenvalue weighted by Crippen LogP contribution is -2.26. The second kappa shape index (κ2) is 11.3. The van der Waals surface area contributed by atoms with Gasteiger partial charge >= 0.3 is 0 Å². The van der Waals surface area contributed by atoms with Gasteiger partial charge < -0.3 is 9.30 Å². The molecule has 1 amide bonds. The molecule has 0 atom stereocenters. The zero-order valence-corrected chi connectivity index (χ0v) is 23.5. The molecule has 12 heteroatoms. The first-order valence-corrected chi connectivity index (χ1v) is 15.7. The third-order valence-electron chi connectivity index (χ3n) is 5.86. The Morgan fingerprint density at radius 2 is 1.63 bits per heavy atom. The number of nitrogens with zero attached hydrogens (tertiary/aromatic N) is 3. The Morgan fingerprint density at radius 1 is 0.974 bits per heavy atom. The average molecular weight is 574 g/mol. The van der Waals surface area contributed by atoms with Crippen LogP contribution in [0.25, 0.3) is 10.2 Å². The maximum atomic E-state index is 13.0. The molecule has 1 heterocycles. The smallest absolute Gasteiger partial charge is 0.279 e. The molecule has 0 unspecified atom stereocenters. The molecule has 0 saturated heterocycles. The fourth-order valence-electron chi connectivity index (χ4n) is 3.79. The number of carbonyl (C=O) groups excluding carboxylic acids is 1. The fraction of sp³-hybridized carbons (Fsp3) is 0.231. The molecule has 1 aromatic heterocycles. The third-order valence-corrected chi connectivity index (χ3v) is 9.83. The largest absolute Gasteiger partial charge is 0.383 e. The van der Waals surface area contributed by atoms with E-state index in [1.54, 1.807) is 23.8 Å². The molecule has 0 radical (unpaired) electrons. The number of thiazole rings is 1. The van der Waals surface area contributed by atoms with E-state index < -0.39 is 25.8 Å². The Hall–Kier alpha value is -3.16. The molecule has 0 aliphatic heterocycles. The van der Waals surface area contributed by atoms with Crippen LogP contribution in [0.15, 0.2) is 87.6 Å². The minimum atomic E-state index is -3.76. The highest BCUT2D eigenvalue weighted by atomic mass is 32.2. The summed E-state index contributed by atoms with van der Waals surface area (Å²) in [6.45, 7) is 0.990. The first-order chi connectivity index (χ1) is 18.0. The van der Waals surface area contributed by atoms with Gasteiger partial charge in [0.05, 0.1) is 26.6 Å². The summed E-state index contributed by atoms with van der Waals surface area (Å²) in [4.78, 5) is 17.9. The number of amides is 1. The first kappa shape index (κ1) is 27.9. The molecule has 0 N–H and O–H groups in total. The maximum Gasteiger partial charge on any atom is 0.279 e. The van der Waals surface area contributed by atoms with Crippen LogP contribution in [0.4, 0.5) is 0 Å². The minimum Gasteiger partial charge on any atom is -0.383 e. The summed E-state index contributed by atoms with van der Waals surface area (Å²) in [7, 11) is -4.09.